The number of H-pyrrole nitrogens is 1. The predicted molar refractivity (Wildman–Crippen MR) is 81.7 cm³/mol. The number of para-hydroxylation sites is 1. The highest BCUT2D eigenvalue weighted by Gasteiger charge is 2.30. The second kappa shape index (κ2) is 4.72. The summed E-state index contributed by atoms with van der Waals surface area (Å²) in [6, 6.07) is 10.1. The SMILES string of the molecule is C[C@@H]1CCN(C(=O)c2cc(C3CC3)[nH]n2)c2ccccc21. The summed E-state index contributed by atoms with van der Waals surface area (Å²) in [5, 5.41) is 7.25. The molecule has 2 heterocycles. The molecule has 4 heteroatoms. The van der Waals surface area contributed by atoms with Gasteiger partial charge in [0.05, 0.1) is 0 Å². The molecule has 1 fully saturated rings. The van der Waals surface area contributed by atoms with Gasteiger partial charge in [-0.2, -0.15) is 5.10 Å². The summed E-state index contributed by atoms with van der Waals surface area (Å²) in [6.45, 7) is 2.99. The van der Waals surface area contributed by atoms with Crippen molar-refractivity contribution < 1.29 is 4.79 Å². The van der Waals surface area contributed by atoms with Crippen LogP contribution in [0, 0.1) is 0 Å². The molecule has 21 heavy (non-hydrogen) atoms. The first kappa shape index (κ1) is 12.6. The normalized spacial score (nSPS) is 21.2. The minimum Gasteiger partial charge on any atom is -0.307 e. The van der Waals surface area contributed by atoms with Crippen molar-refractivity contribution in [2.75, 3.05) is 11.4 Å². The molecule has 1 amide bonds. The molecule has 0 bridgehead atoms. The molecule has 2 aromatic rings. The van der Waals surface area contributed by atoms with Gasteiger partial charge in [-0.3, -0.25) is 9.89 Å². The number of carbonyl (C=O) groups excluding carboxylic acids is 1. The number of nitrogens with one attached hydrogen (secondary N) is 1. The minimum absolute atomic E-state index is 0.0116. The van der Waals surface area contributed by atoms with Crippen LogP contribution in [0.25, 0.3) is 0 Å². The first-order valence-electron chi connectivity index (χ1n) is 7.70. The molecule has 0 saturated heterocycles. The number of nitrogens with zero attached hydrogens (tertiary/aromatic N) is 2. The predicted octanol–water partition coefficient (Wildman–Crippen LogP) is 3.44. The third-order valence-electron chi connectivity index (χ3n) is 4.62. The second-order valence-electron chi connectivity index (χ2n) is 6.19. The van der Waals surface area contributed by atoms with E-state index in [0.717, 1.165) is 24.3 Å². The maximum Gasteiger partial charge on any atom is 0.278 e. The number of aromatic nitrogens is 2. The van der Waals surface area contributed by atoms with Crippen molar-refractivity contribution in [2.45, 2.75) is 38.0 Å². The van der Waals surface area contributed by atoms with Crippen molar-refractivity contribution in [1.82, 2.24) is 10.2 Å². The Labute approximate surface area is 124 Å². The van der Waals surface area contributed by atoms with Crippen LogP contribution in [0.5, 0.6) is 0 Å². The van der Waals surface area contributed by atoms with Crippen LogP contribution in [0.15, 0.2) is 30.3 Å². The molecule has 1 aliphatic carbocycles. The van der Waals surface area contributed by atoms with Gasteiger partial charge in [0, 0.05) is 23.8 Å². The summed E-state index contributed by atoms with van der Waals surface area (Å²) >= 11 is 0. The summed E-state index contributed by atoms with van der Waals surface area (Å²) in [5.41, 5.74) is 3.95. The van der Waals surface area contributed by atoms with Gasteiger partial charge in [0.25, 0.3) is 5.91 Å². The summed E-state index contributed by atoms with van der Waals surface area (Å²) in [4.78, 5) is 14.6. The average Bonchev–Trinajstić information content (AvgIpc) is 3.25. The molecular weight excluding hydrogens is 262 g/mol. The van der Waals surface area contributed by atoms with Crippen molar-refractivity contribution in [1.29, 1.82) is 0 Å². The van der Waals surface area contributed by atoms with Gasteiger partial charge in [0.2, 0.25) is 0 Å². The van der Waals surface area contributed by atoms with Crippen LogP contribution < -0.4 is 4.90 Å². The van der Waals surface area contributed by atoms with E-state index in [4.69, 9.17) is 0 Å². The van der Waals surface area contributed by atoms with Crippen molar-refractivity contribution in [3.63, 3.8) is 0 Å². The zero-order chi connectivity index (χ0) is 14.4. The fourth-order valence-electron chi connectivity index (χ4n) is 3.15. The number of rotatable bonds is 2. The van der Waals surface area contributed by atoms with E-state index in [2.05, 4.69) is 23.2 Å². The zero-order valence-electron chi connectivity index (χ0n) is 12.2. The lowest BCUT2D eigenvalue weighted by molar-refractivity contribution is 0.0979. The van der Waals surface area contributed by atoms with E-state index in [1.807, 2.05) is 29.2 Å². The minimum atomic E-state index is 0.0116. The third-order valence-corrected chi connectivity index (χ3v) is 4.62. The lowest BCUT2D eigenvalue weighted by atomic mass is 9.91. The summed E-state index contributed by atoms with van der Waals surface area (Å²) in [7, 11) is 0. The van der Waals surface area contributed by atoms with Gasteiger partial charge in [-0.15, -0.1) is 0 Å². The molecule has 108 valence electrons. The zero-order valence-corrected chi connectivity index (χ0v) is 12.2. The van der Waals surface area contributed by atoms with Crippen LogP contribution in [0.1, 0.15) is 59.8 Å². The first-order valence-corrected chi connectivity index (χ1v) is 7.70. The van der Waals surface area contributed by atoms with Gasteiger partial charge in [-0.1, -0.05) is 25.1 Å². The number of fused-ring (bicyclic) bond motifs is 1. The lowest BCUT2D eigenvalue weighted by Gasteiger charge is -2.32. The van der Waals surface area contributed by atoms with E-state index >= 15 is 0 Å². The lowest BCUT2D eigenvalue weighted by Crippen LogP contribution is -2.36. The molecule has 1 aliphatic heterocycles. The second-order valence-corrected chi connectivity index (χ2v) is 6.19. The van der Waals surface area contributed by atoms with Crippen LogP contribution in [0.4, 0.5) is 5.69 Å². The Hall–Kier alpha value is -2.10. The van der Waals surface area contributed by atoms with Gasteiger partial charge < -0.3 is 4.90 Å². The van der Waals surface area contributed by atoms with Gasteiger partial charge >= 0.3 is 0 Å². The van der Waals surface area contributed by atoms with E-state index < -0.39 is 0 Å². The number of benzene rings is 1. The Morgan fingerprint density at radius 3 is 2.90 bits per heavy atom. The number of carbonyl (C=O) groups is 1. The molecule has 2 aliphatic rings. The Morgan fingerprint density at radius 2 is 2.10 bits per heavy atom. The van der Waals surface area contributed by atoms with Crippen molar-refractivity contribution in [2.24, 2.45) is 0 Å². The van der Waals surface area contributed by atoms with E-state index in [0.29, 0.717) is 17.5 Å². The van der Waals surface area contributed by atoms with E-state index in [1.54, 1.807) is 0 Å². The molecule has 1 aromatic heterocycles. The van der Waals surface area contributed by atoms with Crippen molar-refractivity contribution in [3.05, 3.63) is 47.3 Å². The van der Waals surface area contributed by atoms with E-state index in [1.165, 1.54) is 18.4 Å². The number of hydrogen-bond donors (Lipinski definition) is 1. The molecule has 0 spiro atoms. The molecular formula is C17H19N3O. The topological polar surface area (TPSA) is 49.0 Å². The molecule has 4 rings (SSSR count). The van der Waals surface area contributed by atoms with E-state index in [9.17, 15) is 4.79 Å². The molecule has 0 unspecified atom stereocenters. The first-order chi connectivity index (χ1) is 10.2. The van der Waals surface area contributed by atoms with Crippen LogP contribution >= 0.6 is 0 Å². The number of anilines is 1. The molecule has 1 N–H and O–H groups in total. The highest BCUT2D eigenvalue weighted by Crippen LogP contribution is 2.39. The Bertz CT molecular complexity index is 687. The van der Waals surface area contributed by atoms with Crippen LogP contribution in [-0.2, 0) is 0 Å². The smallest absolute Gasteiger partial charge is 0.278 e. The van der Waals surface area contributed by atoms with Crippen LogP contribution in [-0.4, -0.2) is 22.6 Å². The molecule has 1 atom stereocenters. The summed E-state index contributed by atoms with van der Waals surface area (Å²) in [5.74, 6) is 1.11. The largest absolute Gasteiger partial charge is 0.307 e. The quantitative estimate of drug-likeness (QED) is 0.916. The van der Waals surface area contributed by atoms with Crippen LogP contribution in [0.2, 0.25) is 0 Å². The fourth-order valence-corrected chi connectivity index (χ4v) is 3.15. The highest BCUT2D eigenvalue weighted by molar-refractivity contribution is 6.05. The summed E-state index contributed by atoms with van der Waals surface area (Å²) in [6.07, 6.45) is 3.42. The Kier molecular flexibility index (Phi) is 2.84. The maximum absolute atomic E-state index is 12.8. The standard InChI is InChI=1S/C17H19N3O/c1-11-8-9-20(16-5-3-2-4-13(11)16)17(21)15-10-14(18-19-15)12-6-7-12/h2-5,10-12H,6-9H2,1H3,(H,18,19)/t11-/m1/s1. The van der Waals surface area contributed by atoms with Crippen molar-refractivity contribution in [3.8, 4) is 0 Å². The Balaban J connectivity index is 1.66. The van der Waals surface area contributed by atoms with Gasteiger partial charge in [0.1, 0.15) is 0 Å². The molecule has 1 aromatic carbocycles. The van der Waals surface area contributed by atoms with Gasteiger partial charge in [-0.05, 0) is 42.9 Å². The third kappa shape index (κ3) is 2.15. The molecule has 4 nitrogen and oxygen atoms in total. The van der Waals surface area contributed by atoms with E-state index in [-0.39, 0.29) is 5.91 Å². The number of hydrogen-bond acceptors (Lipinski definition) is 2. The fraction of sp³-hybridized carbons (Fsp3) is 0.412. The monoisotopic (exact) mass is 281 g/mol. The van der Waals surface area contributed by atoms with Gasteiger partial charge in [-0.25, -0.2) is 0 Å². The van der Waals surface area contributed by atoms with Crippen LogP contribution in [0.3, 0.4) is 0 Å². The van der Waals surface area contributed by atoms with Crippen molar-refractivity contribution >= 4 is 11.6 Å². The molecule has 0 radical (unpaired) electrons. The van der Waals surface area contributed by atoms with Gasteiger partial charge in [0.15, 0.2) is 5.69 Å². The highest BCUT2D eigenvalue weighted by atomic mass is 16.2. The molecule has 1 saturated carbocycles. The Morgan fingerprint density at radius 1 is 1.29 bits per heavy atom. The number of aromatic amines is 1. The number of amides is 1. The summed E-state index contributed by atoms with van der Waals surface area (Å²) < 4.78 is 0. The average molecular weight is 281 g/mol. The maximum atomic E-state index is 12.8.